The number of halogens is 3. The number of nitrogens with two attached hydrogens (primary N) is 1. The molecule has 0 aliphatic carbocycles. The lowest BCUT2D eigenvalue weighted by atomic mass is 10.1. The van der Waals surface area contributed by atoms with E-state index in [1.54, 1.807) is 24.3 Å². The van der Waals surface area contributed by atoms with Crippen molar-refractivity contribution in [2.75, 3.05) is 5.73 Å². The highest BCUT2D eigenvalue weighted by atomic mass is 79.9. The number of nitrogens with zero attached hydrogens (tertiary/aromatic N) is 1. The fourth-order valence-corrected chi connectivity index (χ4v) is 1.78. The van der Waals surface area contributed by atoms with Crippen LogP contribution in [0.3, 0.4) is 0 Å². The van der Waals surface area contributed by atoms with Crippen LogP contribution in [0.1, 0.15) is 0 Å². The number of pyridine rings is 1. The van der Waals surface area contributed by atoms with Crippen LogP contribution in [0.2, 0.25) is 5.02 Å². The smallest absolute Gasteiger partial charge is 0.150 e. The van der Waals surface area contributed by atoms with Crippen LogP contribution in [0.4, 0.5) is 10.2 Å². The second-order valence-electron chi connectivity index (χ2n) is 3.19. The first kappa shape index (κ1) is 11.4. The Morgan fingerprint density at radius 2 is 2.00 bits per heavy atom. The summed E-state index contributed by atoms with van der Waals surface area (Å²) < 4.78 is 14.4. The van der Waals surface area contributed by atoms with Crippen LogP contribution in [0.15, 0.2) is 34.9 Å². The molecule has 0 spiro atoms. The Balaban J connectivity index is 2.57. The molecule has 0 saturated carbocycles. The molecule has 0 amide bonds. The van der Waals surface area contributed by atoms with Gasteiger partial charge in [0, 0.05) is 21.8 Å². The Kier molecular flexibility index (Phi) is 3.12. The zero-order valence-electron chi connectivity index (χ0n) is 8.05. The normalized spacial score (nSPS) is 10.4. The third kappa shape index (κ3) is 2.03. The number of benzene rings is 1. The Bertz CT molecular complexity index is 528. The highest BCUT2D eigenvalue weighted by Gasteiger charge is 2.11. The van der Waals surface area contributed by atoms with E-state index in [9.17, 15) is 4.39 Å². The van der Waals surface area contributed by atoms with Gasteiger partial charge in [0.1, 0.15) is 5.82 Å². The number of rotatable bonds is 1. The van der Waals surface area contributed by atoms with Crippen LogP contribution in [0, 0.1) is 5.82 Å². The standard InChI is InChI=1S/C11H7BrClFN2/c12-8-3-2-7(11(14)10(8)13)6-1-4-9(15)16-5-6/h1-5H,(H2,15,16). The van der Waals surface area contributed by atoms with Gasteiger partial charge in [0.25, 0.3) is 0 Å². The average molecular weight is 302 g/mol. The van der Waals surface area contributed by atoms with E-state index in [-0.39, 0.29) is 5.02 Å². The summed E-state index contributed by atoms with van der Waals surface area (Å²) in [7, 11) is 0. The molecule has 2 aromatic rings. The summed E-state index contributed by atoms with van der Waals surface area (Å²) in [6, 6.07) is 6.64. The van der Waals surface area contributed by atoms with E-state index in [4.69, 9.17) is 17.3 Å². The summed E-state index contributed by atoms with van der Waals surface area (Å²) in [6.07, 6.45) is 1.51. The molecule has 0 fully saturated rings. The van der Waals surface area contributed by atoms with Crippen molar-refractivity contribution in [1.29, 1.82) is 0 Å². The minimum Gasteiger partial charge on any atom is -0.384 e. The molecule has 0 aliphatic heterocycles. The Labute approximate surface area is 105 Å². The summed E-state index contributed by atoms with van der Waals surface area (Å²) in [6.45, 7) is 0. The maximum atomic E-state index is 13.8. The second kappa shape index (κ2) is 4.39. The maximum absolute atomic E-state index is 13.8. The highest BCUT2D eigenvalue weighted by Crippen LogP contribution is 2.32. The number of anilines is 1. The summed E-state index contributed by atoms with van der Waals surface area (Å²) in [5, 5.41) is 0.0642. The molecule has 1 aromatic carbocycles. The van der Waals surface area contributed by atoms with Gasteiger partial charge in [0.05, 0.1) is 5.02 Å². The quantitative estimate of drug-likeness (QED) is 0.812. The first-order valence-electron chi connectivity index (χ1n) is 4.45. The largest absolute Gasteiger partial charge is 0.384 e. The molecule has 0 unspecified atom stereocenters. The predicted octanol–water partition coefficient (Wildman–Crippen LogP) is 3.89. The Morgan fingerprint density at radius 3 is 2.62 bits per heavy atom. The van der Waals surface area contributed by atoms with Gasteiger partial charge in [-0.1, -0.05) is 17.7 Å². The average Bonchev–Trinajstić information content (AvgIpc) is 2.28. The molecule has 16 heavy (non-hydrogen) atoms. The van der Waals surface area contributed by atoms with Crippen molar-refractivity contribution in [3.8, 4) is 11.1 Å². The SMILES string of the molecule is Nc1ccc(-c2ccc(Br)c(Cl)c2F)cn1. The summed E-state index contributed by atoms with van der Waals surface area (Å²) in [5.41, 5.74) is 6.50. The Morgan fingerprint density at radius 1 is 1.25 bits per heavy atom. The zero-order valence-corrected chi connectivity index (χ0v) is 10.4. The molecular formula is C11H7BrClFN2. The first-order valence-corrected chi connectivity index (χ1v) is 5.62. The van der Waals surface area contributed by atoms with E-state index in [2.05, 4.69) is 20.9 Å². The van der Waals surface area contributed by atoms with E-state index >= 15 is 0 Å². The summed E-state index contributed by atoms with van der Waals surface area (Å²) in [5.74, 6) is -0.0741. The topological polar surface area (TPSA) is 38.9 Å². The van der Waals surface area contributed by atoms with Crippen molar-refractivity contribution >= 4 is 33.3 Å². The van der Waals surface area contributed by atoms with E-state index < -0.39 is 5.82 Å². The molecule has 0 atom stereocenters. The van der Waals surface area contributed by atoms with E-state index in [1.165, 1.54) is 6.20 Å². The van der Waals surface area contributed by atoms with Gasteiger partial charge in [-0.3, -0.25) is 0 Å². The third-order valence-electron chi connectivity index (χ3n) is 2.13. The van der Waals surface area contributed by atoms with Gasteiger partial charge in [0.2, 0.25) is 0 Å². The van der Waals surface area contributed by atoms with Gasteiger partial charge >= 0.3 is 0 Å². The zero-order chi connectivity index (χ0) is 11.7. The number of nitrogen functional groups attached to an aromatic ring is 1. The van der Waals surface area contributed by atoms with Crippen LogP contribution < -0.4 is 5.73 Å². The van der Waals surface area contributed by atoms with Crippen molar-refractivity contribution in [3.05, 3.63) is 45.8 Å². The van der Waals surface area contributed by atoms with Crippen LogP contribution in [0.25, 0.3) is 11.1 Å². The van der Waals surface area contributed by atoms with Gasteiger partial charge < -0.3 is 5.73 Å². The lowest BCUT2D eigenvalue weighted by Crippen LogP contribution is -1.91. The van der Waals surface area contributed by atoms with Crippen LogP contribution in [0.5, 0.6) is 0 Å². The maximum Gasteiger partial charge on any atom is 0.150 e. The Hall–Kier alpha value is -1.13. The molecule has 82 valence electrons. The fourth-order valence-electron chi connectivity index (χ4n) is 1.31. The van der Waals surface area contributed by atoms with E-state index in [0.29, 0.717) is 21.4 Å². The van der Waals surface area contributed by atoms with Crippen molar-refractivity contribution < 1.29 is 4.39 Å². The van der Waals surface area contributed by atoms with Crippen molar-refractivity contribution in [1.82, 2.24) is 4.98 Å². The minimum absolute atomic E-state index is 0.0642. The lowest BCUT2D eigenvalue weighted by Gasteiger charge is -2.06. The molecular weight excluding hydrogens is 294 g/mol. The molecule has 0 bridgehead atoms. The van der Waals surface area contributed by atoms with Gasteiger partial charge in [-0.15, -0.1) is 0 Å². The monoisotopic (exact) mass is 300 g/mol. The second-order valence-corrected chi connectivity index (χ2v) is 4.43. The molecule has 1 aromatic heterocycles. The number of hydrogen-bond acceptors (Lipinski definition) is 2. The predicted molar refractivity (Wildman–Crippen MR) is 66.8 cm³/mol. The molecule has 2 rings (SSSR count). The van der Waals surface area contributed by atoms with E-state index in [0.717, 1.165) is 0 Å². The van der Waals surface area contributed by atoms with Crippen LogP contribution >= 0.6 is 27.5 Å². The number of hydrogen-bond donors (Lipinski definition) is 1. The van der Waals surface area contributed by atoms with Gasteiger partial charge in [-0.05, 0) is 34.1 Å². The number of aromatic nitrogens is 1. The third-order valence-corrected chi connectivity index (χ3v) is 3.39. The highest BCUT2D eigenvalue weighted by molar-refractivity contribution is 9.10. The first-order chi connectivity index (χ1) is 7.59. The van der Waals surface area contributed by atoms with Crippen molar-refractivity contribution in [2.24, 2.45) is 0 Å². The molecule has 0 aliphatic rings. The van der Waals surface area contributed by atoms with Crippen LogP contribution in [-0.4, -0.2) is 4.98 Å². The van der Waals surface area contributed by atoms with Crippen LogP contribution in [-0.2, 0) is 0 Å². The molecule has 0 saturated heterocycles. The summed E-state index contributed by atoms with van der Waals surface area (Å²) in [4.78, 5) is 3.91. The van der Waals surface area contributed by atoms with Crippen molar-refractivity contribution in [3.63, 3.8) is 0 Å². The molecule has 2 N–H and O–H groups in total. The van der Waals surface area contributed by atoms with E-state index in [1.807, 2.05) is 0 Å². The van der Waals surface area contributed by atoms with Gasteiger partial charge in [0.15, 0.2) is 5.82 Å². The summed E-state index contributed by atoms with van der Waals surface area (Å²) >= 11 is 8.95. The van der Waals surface area contributed by atoms with Gasteiger partial charge in [-0.2, -0.15) is 0 Å². The molecule has 0 radical (unpaired) electrons. The fraction of sp³-hybridized carbons (Fsp3) is 0. The molecule has 1 heterocycles. The molecule has 2 nitrogen and oxygen atoms in total. The van der Waals surface area contributed by atoms with Crippen molar-refractivity contribution in [2.45, 2.75) is 0 Å². The minimum atomic E-state index is -0.470. The van der Waals surface area contributed by atoms with Gasteiger partial charge in [-0.25, -0.2) is 9.37 Å². The lowest BCUT2D eigenvalue weighted by molar-refractivity contribution is 0.631. The molecule has 5 heteroatoms.